The van der Waals surface area contributed by atoms with Crippen LogP contribution in [0.25, 0.3) is 0 Å². The molecule has 0 bridgehead atoms. The average Bonchev–Trinajstić information content (AvgIpc) is 2.93. The molecule has 2 aliphatic rings. The van der Waals surface area contributed by atoms with Crippen molar-refractivity contribution >= 4 is 17.5 Å². The predicted octanol–water partition coefficient (Wildman–Crippen LogP) is 2.03. The summed E-state index contributed by atoms with van der Waals surface area (Å²) in [6, 6.07) is 7.97. The van der Waals surface area contributed by atoms with Gasteiger partial charge in [0.15, 0.2) is 5.60 Å². The Morgan fingerprint density at radius 3 is 2.89 bits per heavy atom. The number of ether oxygens (including phenoxy) is 1. The van der Waals surface area contributed by atoms with Gasteiger partial charge in [0, 0.05) is 31.3 Å². The first-order valence-corrected chi connectivity index (χ1v) is 10.2. The summed E-state index contributed by atoms with van der Waals surface area (Å²) >= 11 is 0. The quantitative estimate of drug-likeness (QED) is 0.734. The number of carbonyl (C=O) groups is 2. The van der Waals surface area contributed by atoms with Crippen LogP contribution in [0.3, 0.4) is 0 Å². The molecule has 6 heteroatoms. The molecule has 152 valence electrons. The molecule has 3 N–H and O–H groups in total. The van der Waals surface area contributed by atoms with Gasteiger partial charge >= 0.3 is 0 Å². The van der Waals surface area contributed by atoms with Crippen LogP contribution >= 0.6 is 0 Å². The summed E-state index contributed by atoms with van der Waals surface area (Å²) in [5, 5.41) is 3.27. The first-order valence-electron chi connectivity index (χ1n) is 10.2. The van der Waals surface area contributed by atoms with Crippen LogP contribution in [-0.4, -0.2) is 43.7 Å². The number of primary amides is 1. The highest BCUT2D eigenvalue weighted by Crippen LogP contribution is 2.32. The van der Waals surface area contributed by atoms with E-state index in [-0.39, 0.29) is 11.8 Å². The Kier molecular flexibility index (Phi) is 6.52. The van der Waals surface area contributed by atoms with Crippen molar-refractivity contribution in [3.63, 3.8) is 0 Å². The Balaban J connectivity index is 1.83. The van der Waals surface area contributed by atoms with E-state index in [1.165, 1.54) is 5.56 Å². The number of amides is 2. The standard InChI is InChI=1S/C22H31N3O3/c1-16(2)14-18(22(21(23)27)15-24-11-5-13-28-22)8-9-20(26)25-12-10-17-6-3-4-7-19(17)25/h3-4,6-9,16,18,24H,5,10-15H2,1-2H3,(H2,23,27)/b9-8+/t18-,22-/m1/s1. The van der Waals surface area contributed by atoms with E-state index < -0.39 is 11.5 Å². The predicted molar refractivity (Wildman–Crippen MR) is 110 cm³/mol. The van der Waals surface area contributed by atoms with Gasteiger partial charge in [-0.2, -0.15) is 0 Å². The maximum Gasteiger partial charge on any atom is 0.251 e. The van der Waals surface area contributed by atoms with Crippen LogP contribution in [0.5, 0.6) is 0 Å². The third-order valence-electron chi connectivity index (χ3n) is 5.61. The fourth-order valence-electron chi connectivity index (χ4n) is 4.14. The number of hydrogen-bond acceptors (Lipinski definition) is 4. The van der Waals surface area contributed by atoms with E-state index in [0.717, 1.165) is 25.1 Å². The van der Waals surface area contributed by atoms with E-state index >= 15 is 0 Å². The third kappa shape index (κ3) is 4.28. The van der Waals surface area contributed by atoms with E-state index in [9.17, 15) is 9.59 Å². The summed E-state index contributed by atoms with van der Waals surface area (Å²) in [5.41, 5.74) is 6.84. The van der Waals surface area contributed by atoms with Gasteiger partial charge in [-0.15, -0.1) is 0 Å². The molecule has 2 aliphatic heterocycles. The van der Waals surface area contributed by atoms with Crippen molar-refractivity contribution < 1.29 is 14.3 Å². The largest absolute Gasteiger partial charge is 0.367 e. The maximum absolute atomic E-state index is 12.9. The second-order valence-electron chi connectivity index (χ2n) is 8.10. The number of rotatable bonds is 6. The summed E-state index contributed by atoms with van der Waals surface area (Å²) < 4.78 is 6.02. The summed E-state index contributed by atoms with van der Waals surface area (Å²) in [6.45, 7) is 6.50. The van der Waals surface area contributed by atoms with Gasteiger partial charge in [0.1, 0.15) is 0 Å². The minimum absolute atomic E-state index is 0.0695. The Hall–Kier alpha value is -2.18. The van der Waals surface area contributed by atoms with Gasteiger partial charge < -0.3 is 20.7 Å². The molecule has 2 atom stereocenters. The zero-order chi connectivity index (χ0) is 20.1. The highest BCUT2D eigenvalue weighted by Gasteiger charge is 2.45. The summed E-state index contributed by atoms with van der Waals surface area (Å²) in [5.74, 6) is -0.478. The van der Waals surface area contributed by atoms with E-state index in [1.54, 1.807) is 11.0 Å². The van der Waals surface area contributed by atoms with Gasteiger partial charge in [-0.3, -0.25) is 9.59 Å². The highest BCUT2D eigenvalue weighted by molar-refractivity contribution is 6.03. The lowest BCUT2D eigenvalue weighted by Gasteiger charge is -2.36. The van der Waals surface area contributed by atoms with Crippen molar-refractivity contribution in [2.45, 2.75) is 38.7 Å². The number of nitrogens with zero attached hydrogens (tertiary/aromatic N) is 1. The monoisotopic (exact) mass is 385 g/mol. The van der Waals surface area contributed by atoms with Crippen LogP contribution in [0, 0.1) is 11.8 Å². The lowest BCUT2D eigenvalue weighted by molar-refractivity contribution is -0.148. The second-order valence-corrected chi connectivity index (χ2v) is 8.10. The Labute approximate surface area is 167 Å². The van der Waals surface area contributed by atoms with Gasteiger partial charge in [-0.1, -0.05) is 38.1 Å². The van der Waals surface area contributed by atoms with E-state index in [2.05, 4.69) is 25.2 Å². The number of hydrogen-bond donors (Lipinski definition) is 2. The third-order valence-corrected chi connectivity index (χ3v) is 5.61. The SMILES string of the molecule is CC(C)C[C@@H](/C=C/C(=O)N1CCc2ccccc21)[C@@]1(C(N)=O)CNCCCO1. The lowest BCUT2D eigenvalue weighted by Crippen LogP contribution is -2.57. The first kappa shape index (κ1) is 20.6. The number of nitrogens with two attached hydrogens (primary N) is 1. The normalized spacial score (nSPS) is 23.6. The van der Waals surface area contributed by atoms with E-state index in [4.69, 9.17) is 10.5 Å². The molecule has 1 aromatic rings. The number of benzene rings is 1. The molecular weight excluding hydrogens is 354 g/mol. The van der Waals surface area contributed by atoms with Crippen molar-refractivity contribution in [1.29, 1.82) is 0 Å². The number of para-hydroxylation sites is 1. The molecule has 0 aliphatic carbocycles. The topological polar surface area (TPSA) is 84.7 Å². The zero-order valence-electron chi connectivity index (χ0n) is 16.8. The van der Waals surface area contributed by atoms with Gasteiger partial charge in [0.2, 0.25) is 0 Å². The molecule has 1 saturated heterocycles. The van der Waals surface area contributed by atoms with Crippen LogP contribution < -0.4 is 16.0 Å². The van der Waals surface area contributed by atoms with Crippen molar-refractivity contribution in [2.24, 2.45) is 17.6 Å². The van der Waals surface area contributed by atoms with Crippen LogP contribution in [0.1, 0.15) is 32.3 Å². The number of nitrogens with one attached hydrogen (secondary N) is 1. The molecule has 0 aromatic heterocycles. The fraction of sp³-hybridized carbons (Fsp3) is 0.545. The molecule has 6 nitrogen and oxygen atoms in total. The van der Waals surface area contributed by atoms with Crippen molar-refractivity contribution in [3.05, 3.63) is 42.0 Å². The second kappa shape index (κ2) is 8.88. The fourth-order valence-corrected chi connectivity index (χ4v) is 4.14. The van der Waals surface area contributed by atoms with Crippen molar-refractivity contribution in [1.82, 2.24) is 5.32 Å². The summed E-state index contributed by atoms with van der Waals surface area (Å²) in [6.07, 6.45) is 5.83. The Morgan fingerprint density at radius 2 is 2.14 bits per heavy atom. The molecule has 3 rings (SSSR count). The van der Waals surface area contributed by atoms with Gasteiger partial charge in [0.05, 0.1) is 0 Å². The molecule has 1 aromatic carbocycles. The molecule has 0 spiro atoms. The van der Waals surface area contributed by atoms with Crippen LogP contribution in [0.4, 0.5) is 5.69 Å². The molecule has 0 saturated carbocycles. The van der Waals surface area contributed by atoms with Crippen LogP contribution in [0.2, 0.25) is 0 Å². The average molecular weight is 386 g/mol. The summed E-state index contributed by atoms with van der Waals surface area (Å²) in [4.78, 5) is 27.1. The number of anilines is 1. The molecular formula is C22H31N3O3. The Bertz CT molecular complexity index is 736. The molecule has 1 fully saturated rings. The highest BCUT2D eigenvalue weighted by atomic mass is 16.5. The lowest BCUT2D eigenvalue weighted by atomic mass is 9.80. The van der Waals surface area contributed by atoms with Crippen LogP contribution in [0.15, 0.2) is 36.4 Å². The molecule has 0 radical (unpaired) electrons. The number of carbonyl (C=O) groups excluding carboxylic acids is 2. The van der Waals surface area contributed by atoms with Crippen molar-refractivity contribution in [2.75, 3.05) is 31.1 Å². The van der Waals surface area contributed by atoms with Crippen LogP contribution in [-0.2, 0) is 20.7 Å². The molecule has 28 heavy (non-hydrogen) atoms. The number of fused-ring (bicyclic) bond motifs is 1. The molecule has 2 amide bonds. The molecule has 0 unspecified atom stereocenters. The van der Waals surface area contributed by atoms with E-state index in [0.29, 0.717) is 32.0 Å². The maximum atomic E-state index is 12.9. The van der Waals surface area contributed by atoms with Gasteiger partial charge in [-0.25, -0.2) is 0 Å². The first-order chi connectivity index (χ1) is 13.4. The zero-order valence-corrected chi connectivity index (χ0v) is 16.8. The minimum atomic E-state index is -1.12. The van der Waals surface area contributed by atoms with Gasteiger partial charge in [-0.05, 0) is 49.4 Å². The Morgan fingerprint density at radius 1 is 1.36 bits per heavy atom. The minimum Gasteiger partial charge on any atom is -0.367 e. The summed E-state index contributed by atoms with van der Waals surface area (Å²) in [7, 11) is 0. The van der Waals surface area contributed by atoms with Gasteiger partial charge in [0.25, 0.3) is 11.8 Å². The van der Waals surface area contributed by atoms with Crippen molar-refractivity contribution in [3.8, 4) is 0 Å². The van der Waals surface area contributed by atoms with E-state index in [1.807, 2.05) is 24.3 Å². The smallest absolute Gasteiger partial charge is 0.251 e. The molecule has 2 heterocycles.